The van der Waals surface area contributed by atoms with Gasteiger partial charge in [0.05, 0.1) is 0 Å². The maximum Gasteiger partial charge on any atom is 0.414 e. The molecule has 7 nitrogen and oxygen atoms in total. The van der Waals surface area contributed by atoms with E-state index in [1.807, 2.05) is 18.2 Å². The lowest BCUT2D eigenvalue weighted by molar-refractivity contribution is -0.148. The number of hydrogen-bond donors (Lipinski definition) is 1. The van der Waals surface area contributed by atoms with Crippen LogP contribution in [0, 0.1) is 0 Å². The largest absolute Gasteiger partial charge is 0.487 e. The van der Waals surface area contributed by atoms with Crippen molar-refractivity contribution < 1.29 is 36.6 Å². The molecule has 0 fully saturated rings. The summed E-state index contributed by atoms with van der Waals surface area (Å²) in [7, 11) is 0. The lowest BCUT2D eigenvalue weighted by Gasteiger charge is -2.27. The van der Waals surface area contributed by atoms with Gasteiger partial charge in [0.25, 0.3) is 5.91 Å². The van der Waals surface area contributed by atoms with Crippen molar-refractivity contribution in [1.29, 1.82) is 0 Å². The average Bonchev–Trinajstić information content (AvgIpc) is 3.01. The highest BCUT2D eigenvalue weighted by atomic mass is 19.3. The Morgan fingerprint density at radius 3 is 2.18 bits per heavy atom. The fraction of sp³-hybridized carbons (Fsp3) is 0.265. The van der Waals surface area contributed by atoms with E-state index in [1.54, 1.807) is 87.6 Å². The minimum atomic E-state index is -4.27. The number of pyridine rings is 1. The normalized spacial score (nSPS) is 11.6. The smallest absolute Gasteiger partial charge is 0.414 e. The number of ether oxygens (including phenoxy) is 2. The van der Waals surface area contributed by atoms with Crippen LogP contribution in [0.5, 0.6) is 5.75 Å². The van der Waals surface area contributed by atoms with Gasteiger partial charge in [-0.15, -0.1) is 0 Å². The molecule has 11 heteroatoms. The van der Waals surface area contributed by atoms with Crippen molar-refractivity contribution in [3.63, 3.8) is 0 Å². The van der Waals surface area contributed by atoms with E-state index in [2.05, 4.69) is 10.3 Å². The highest BCUT2D eigenvalue weighted by Gasteiger charge is 2.41. The quantitative estimate of drug-likeness (QED) is 0.170. The van der Waals surface area contributed by atoms with Crippen LogP contribution >= 0.6 is 0 Å². The summed E-state index contributed by atoms with van der Waals surface area (Å²) in [6.07, 6.45) is -2.15. The van der Waals surface area contributed by atoms with E-state index in [4.69, 9.17) is 9.47 Å². The molecule has 0 atom stereocenters. The van der Waals surface area contributed by atoms with Crippen molar-refractivity contribution in [2.24, 2.45) is 0 Å². The second-order valence-electron chi connectivity index (χ2n) is 11.1. The Kier molecular flexibility index (Phi) is 10.4. The van der Waals surface area contributed by atoms with E-state index in [0.29, 0.717) is 41.0 Å². The van der Waals surface area contributed by atoms with Crippen LogP contribution in [0.25, 0.3) is 11.1 Å². The molecule has 236 valence electrons. The Morgan fingerprint density at radius 2 is 1.56 bits per heavy atom. The summed E-state index contributed by atoms with van der Waals surface area (Å²) in [4.78, 5) is 32.2. The standard InChI is InChI=1S/C34H33F4N3O4/c1-33(2,3)45-32(43)41(21-19-24-8-6-7-20-39-24)26-15-13-25(14-16-26)40-30(42)29-10-5-4-9-28(29)23-11-17-27(18-12-23)44-22-34(37,38)31(35)36/h4-18,20,31H,19,21-22H2,1-3H3,(H,40,42). The average molecular weight is 624 g/mol. The van der Waals surface area contributed by atoms with Gasteiger partial charge in [0.15, 0.2) is 6.61 Å². The number of carbonyl (C=O) groups is 2. The van der Waals surface area contributed by atoms with E-state index < -0.39 is 36.6 Å². The zero-order chi connectivity index (χ0) is 32.6. The molecule has 0 aliphatic heterocycles. The summed E-state index contributed by atoms with van der Waals surface area (Å²) in [5.41, 5.74) is 2.67. The van der Waals surface area contributed by atoms with Gasteiger partial charge in [-0.2, -0.15) is 8.78 Å². The van der Waals surface area contributed by atoms with Crippen molar-refractivity contribution in [2.45, 2.75) is 45.1 Å². The molecular weight excluding hydrogens is 590 g/mol. The third kappa shape index (κ3) is 9.28. The van der Waals surface area contributed by atoms with Crippen LogP contribution in [0.3, 0.4) is 0 Å². The fourth-order valence-electron chi connectivity index (χ4n) is 4.24. The molecule has 0 radical (unpaired) electrons. The molecule has 4 rings (SSSR count). The molecular formula is C34H33F4N3O4. The zero-order valence-corrected chi connectivity index (χ0v) is 25.0. The molecule has 3 aromatic carbocycles. The lowest BCUT2D eigenvalue weighted by Crippen LogP contribution is -2.38. The van der Waals surface area contributed by atoms with Gasteiger partial charge < -0.3 is 14.8 Å². The number of nitrogens with zero attached hydrogens (tertiary/aromatic N) is 2. The monoisotopic (exact) mass is 623 g/mol. The number of halogens is 4. The Bertz CT molecular complexity index is 1580. The molecule has 0 aliphatic rings. The van der Waals surface area contributed by atoms with E-state index >= 15 is 0 Å². The first-order valence-corrected chi connectivity index (χ1v) is 14.1. The summed E-state index contributed by atoms with van der Waals surface area (Å²) in [5, 5.41) is 2.86. The molecule has 0 unspecified atom stereocenters. The number of rotatable bonds is 11. The first-order chi connectivity index (χ1) is 21.3. The van der Waals surface area contributed by atoms with Gasteiger partial charge in [0, 0.05) is 41.8 Å². The van der Waals surface area contributed by atoms with Gasteiger partial charge >= 0.3 is 18.4 Å². The number of hydrogen-bond acceptors (Lipinski definition) is 5. The van der Waals surface area contributed by atoms with E-state index in [0.717, 1.165) is 5.69 Å². The van der Waals surface area contributed by atoms with Gasteiger partial charge in [0.2, 0.25) is 0 Å². The minimum Gasteiger partial charge on any atom is -0.487 e. The zero-order valence-electron chi connectivity index (χ0n) is 25.0. The Hall–Kier alpha value is -4.93. The third-order valence-corrected chi connectivity index (χ3v) is 6.46. The van der Waals surface area contributed by atoms with Crippen LogP contribution in [0.2, 0.25) is 0 Å². The summed E-state index contributed by atoms with van der Waals surface area (Å²) in [6, 6.07) is 25.0. The SMILES string of the molecule is CC(C)(C)OC(=O)N(CCc1ccccn1)c1ccc(NC(=O)c2ccccc2-c2ccc(OCC(F)(F)C(F)F)cc2)cc1. The summed E-state index contributed by atoms with van der Waals surface area (Å²) >= 11 is 0. The van der Waals surface area contributed by atoms with Crippen molar-refractivity contribution in [3.05, 3.63) is 108 Å². The number of nitrogens with one attached hydrogen (secondary N) is 1. The predicted molar refractivity (Wildman–Crippen MR) is 164 cm³/mol. The van der Waals surface area contributed by atoms with E-state index in [1.165, 1.54) is 17.0 Å². The van der Waals surface area contributed by atoms with Crippen molar-refractivity contribution >= 4 is 23.4 Å². The molecule has 45 heavy (non-hydrogen) atoms. The van der Waals surface area contributed by atoms with Crippen molar-refractivity contribution in [2.75, 3.05) is 23.4 Å². The second kappa shape index (κ2) is 14.2. The lowest BCUT2D eigenvalue weighted by atomic mass is 9.99. The van der Waals surface area contributed by atoms with Gasteiger partial charge in [0.1, 0.15) is 11.4 Å². The molecule has 0 saturated heterocycles. The van der Waals surface area contributed by atoms with Crippen LogP contribution < -0.4 is 15.0 Å². The first-order valence-electron chi connectivity index (χ1n) is 14.1. The number of carbonyl (C=O) groups excluding carboxylic acids is 2. The minimum absolute atomic E-state index is 0.0124. The molecule has 1 aromatic heterocycles. The topological polar surface area (TPSA) is 80.8 Å². The highest BCUT2D eigenvalue weighted by molar-refractivity contribution is 6.08. The molecule has 2 amide bonds. The molecule has 1 N–H and O–H groups in total. The fourth-order valence-corrected chi connectivity index (χ4v) is 4.24. The summed E-state index contributed by atoms with van der Waals surface area (Å²) in [6.45, 7) is 4.24. The number of benzene rings is 3. The van der Waals surface area contributed by atoms with Crippen LogP contribution in [-0.2, 0) is 11.2 Å². The van der Waals surface area contributed by atoms with Gasteiger partial charge in [-0.1, -0.05) is 36.4 Å². The van der Waals surface area contributed by atoms with Crippen molar-refractivity contribution in [1.82, 2.24) is 4.98 Å². The first kappa shape index (κ1) is 33.0. The van der Waals surface area contributed by atoms with Gasteiger partial charge in [-0.3, -0.25) is 14.7 Å². The molecule has 0 aliphatic carbocycles. The van der Waals surface area contributed by atoms with E-state index in [-0.39, 0.29) is 5.75 Å². The predicted octanol–water partition coefficient (Wildman–Crippen LogP) is 8.26. The van der Waals surface area contributed by atoms with Crippen molar-refractivity contribution in [3.8, 4) is 16.9 Å². The number of aromatic nitrogens is 1. The van der Waals surface area contributed by atoms with E-state index in [9.17, 15) is 27.2 Å². The number of anilines is 2. The summed E-state index contributed by atoms with van der Waals surface area (Å²) in [5.74, 6) is -4.69. The Morgan fingerprint density at radius 1 is 0.889 bits per heavy atom. The van der Waals surface area contributed by atoms with Crippen LogP contribution in [0.15, 0.2) is 97.2 Å². The highest BCUT2D eigenvalue weighted by Crippen LogP contribution is 2.29. The molecule has 0 bridgehead atoms. The van der Waals surface area contributed by atoms with Crippen LogP contribution in [-0.4, -0.2) is 48.1 Å². The Labute approximate surface area is 258 Å². The number of amides is 2. The number of alkyl halides is 4. The molecule has 0 spiro atoms. The molecule has 0 saturated carbocycles. The van der Waals surface area contributed by atoms with Crippen LogP contribution in [0.4, 0.5) is 33.7 Å². The maximum absolute atomic E-state index is 13.3. The Balaban J connectivity index is 1.47. The molecule has 4 aromatic rings. The van der Waals surface area contributed by atoms with Crippen LogP contribution in [0.1, 0.15) is 36.8 Å². The van der Waals surface area contributed by atoms with Gasteiger partial charge in [-0.25, -0.2) is 13.6 Å². The third-order valence-electron chi connectivity index (χ3n) is 6.46. The second-order valence-corrected chi connectivity index (χ2v) is 11.1. The van der Waals surface area contributed by atoms with Gasteiger partial charge in [-0.05, 0) is 86.5 Å². The summed E-state index contributed by atoms with van der Waals surface area (Å²) < 4.78 is 61.7. The molecule has 1 heterocycles. The maximum atomic E-state index is 13.3.